The van der Waals surface area contributed by atoms with Gasteiger partial charge >= 0.3 is 6.03 Å². The molecule has 1 N–H and O–H groups in total. The van der Waals surface area contributed by atoms with Gasteiger partial charge in [0.15, 0.2) is 11.6 Å². The number of nitrogens with one attached hydrogen (secondary N) is 1. The van der Waals surface area contributed by atoms with Gasteiger partial charge in [0, 0.05) is 37.9 Å². The van der Waals surface area contributed by atoms with Crippen LogP contribution in [0.1, 0.15) is 26.7 Å². The standard InChI is InChI=1S/C17H25F2N3O/c1-13(2)4-3-7-21-8-10-22(11-9-21)17(23)20-14-5-6-15(18)16(19)12-14/h5-6,12-13H,3-4,7-11H2,1-2H3,(H,20,23). The van der Waals surface area contributed by atoms with Crippen LogP contribution in [0.2, 0.25) is 0 Å². The molecule has 1 aliphatic rings. The zero-order valence-electron chi connectivity index (χ0n) is 13.8. The third kappa shape index (κ3) is 5.46. The number of benzene rings is 1. The minimum Gasteiger partial charge on any atom is -0.322 e. The molecule has 1 aromatic rings. The van der Waals surface area contributed by atoms with Gasteiger partial charge in [-0.05, 0) is 37.4 Å². The summed E-state index contributed by atoms with van der Waals surface area (Å²) >= 11 is 0. The largest absolute Gasteiger partial charge is 0.322 e. The predicted octanol–water partition coefficient (Wildman–Crippen LogP) is 3.55. The van der Waals surface area contributed by atoms with Crippen LogP contribution in [-0.4, -0.2) is 48.6 Å². The second-order valence-electron chi connectivity index (χ2n) is 6.42. The highest BCUT2D eigenvalue weighted by molar-refractivity contribution is 5.89. The van der Waals surface area contributed by atoms with E-state index in [1.54, 1.807) is 4.90 Å². The zero-order valence-corrected chi connectivity index (χ0v) is 13.8. The summed E-state index contributed by atoms with van der Waals surface area (Å²) in [6, 6.07) is 3.10. The normalized spacial score (nSPS) is 16.0. The average Bonchev–Trinajstić information content (AvgIpc) is 2.51. The van der Waals surface area contributed by atoms with Gasteiger partial charge in [0.05, 0.1) is 0 Å². The molecular formula is C17H25F2N3O. The van der Waals surface area contributed by atoms with Crippen molar-refractivity contribution < 1.29 is 13.6 Å². The third-order valence-electron chi connectivity index (χ3n) is 4.09. The van der Waals surface area contributed by atoms with Gasteiger partial charge < -0.3 is 10.2 Å². The van der Waals surface area contributed by atoms with E-state index in [9.17, 15) is 13.6 Å². The number of carbonyl (C=O) groups excluding carboxylic acids is 1. The first-order chi connectivity index (χ1) is 11.0. The van der Waals surface area contributed by atoms with Crippen LogP contribution in [0.5, 0.6) is 0 Å². The monoisotopic (exact) mass is 325 g/mol. The van der Waals surface area contributed by atoms with Gasteiger partial charge in [0.2, 0.25) is 0 Å². The van der Waals surface area contributed by atoms with E-state index in [-0.39, 0.29) is 11.7 Å². The Hall–Kier alpha value is -1.69. The molecule has 1 aliphatic heterocycles. The molecule has 0 unspecified atom stereocenters. The summed E-state index contributed by atoms with van der Waals surface area (Å²) in [4.78, 5) is 16.2. The predicted molar refractivity (Wildman–Crippen MR) is 87.5 cm³/mol. The number of hydrogen-bond donors (Lipinski definition) is 1. The fraction of sp³-hybridized carbons (Fsp3) is 0.588. The Morgan fingerprint density at radius 1 is 1.17 bits per heavy atom. The number of hydrogen-bond acceptors (Lipinski definition) is 2. The lowest BCUT2D eigenvalue weighted by molar-refractivity contribution is 0.145. The Morgan fingerprint density at radius 2 is 1.87 bits per heavy atom. The number of piperazine rings is 1. The van der Waals surface area contributed by atoms with E-state index in [1.165, 1.54) is 18.9 Å². The van der Waals surface area contributed by atoms with E-state index in [2.05, 4.69) is 24.1 Å². The quantitative estimate of drug-likeness (QED) is 0.898. The molecule has 6 heteroatoms. The first-order valence-electron chi connectivity index (χ1n) is 8.19. The smallest absolute Gasteiger partial charge is 0.321 e. The molecule has 1 fully saturated rings. The van der Waals surface area contributed by atoms with Gasteiger partial charge in [-0.3, -0.25) is 4.90 Å². The molecule has 1 saturated heterocycles. The van der Waals surface area contributed by atoms with Gasteiger partial charge in [0.25, 0.3) is 0 Å². The summed E-state index contributed by atoms with van der Waals surface area (Å²) < 4.78 is 26.0. The van der Waals surface area contributed by atoms with Crippen molar-refractivity contribution in [3.63, 3.8) is 0 Å². The van der Waals surface area contributed by atoms with Crippen molar-refractivity contribution >= 4 is 11.7 Å². The van der Waals surface area contributed by atoms with Gasteiger partial charge in [-0.2, -0.15) is 0 Å². The molecule has 0 atom stereocenters. The highest BCUT2D eigenvalue weighted by Gasteiger charge is 2.21. The lowest BCUT2D eigenvalue weighted by atomic mass is 10.1. The van der Waals surface area contributed by atoms with Gasteiger partial charge in [-0.15, -0.1) is 0 Å². The van der Waals surface area contributed by atoms with Gasteiger partial charge in [-0.1, -0.05) is 13.8 Å². The maximum Gasteiger partial charge on any atom is 0.321 e. The average molecular weight is 325 g/mol. The van der Waals surface area contributed by atoms with Crippen LogP contribution in [0.25, 0.3) is 0 Å². The number of urea groups is 1. The molecule has 0 aliphatic carbocycles. The molecular weight excluding hydrogens is 300 g/mol. The van der Waals surface area contributed by atoms with E-state index < -0.39 is 11.6 Å². The summed E-state index contributed by atoms with van der Waals surface area (Å²) in [7, 11) is 0. The maximum absolute atomic E-state index is 13.2. The van der Waals surface area contributed by atoms with E-state index in [4.69, 9.17) is 0 Å². The van der Waals surface area contributed by atoms with Crippen LogP contribution in [0, 0.1) is 17.6 Å². The third-order valence-corrected chi connectivity index (χ3v) is 4.09. The summed E-state index contributed by atoms with van der Waals surface area (Å²) in [6.45, 7) is 8.51. The van der Waals surface area contributed by atoms with Gasteiger partial charge in [0.1, 0.15) is 0 Å². The van der Waals surface area contributed by atoms with E-state index in [0.29, 0.717) is 13.1 Å². The number of carbonyl (C=O) groups is 1. The number of amides is 2. The van der Waals surface area contributed by atoms with Crippen LogP contribution >= 0.6 is 0 Å². The van der Waals surface area contributed by atoms with E-state index >= 15 is 0 Å². The second-order valence-corrected chi connectivity index (χ2v) is 6.42. The van der Waals surface area contributed by atoms with Crippen molar-refractivity contribution in [2.75, 3.05) is 38.0 Å². The molecule has 1 heterocycles. The topological polar surface area (TPSA) is 35.6 Å². The van der Waals surface area contributed by atoms with Crippen molar-refractivity contribution in [2.24, 2.45) is 5.92 Å². The van der Waals surface area contributed by atoms with Crippen molar-refractivity contribution in [2.45, 2.75) is 26.7 Å². The Balaban J connectivity index is 1.76. The Labute approximate surface area is 136 Å². The van der Waals surface area contributed by atoms with Crippen LogP contribution in [0.15, 0.2) is 18.2 Å². The molecule has 2 amide bonds. The Kier molecular flexibility index (Phi) is 6.33. The molecule has 0 bridgehead atoms. The second kappa shape index (κ2) is 8.24. The lowest BCUT2D eigenvalue weighted by Crippen LogP contribution is -2.50. The van der Waals surface area contributed by atoms with Crippen LogP contribution < -0.4 is 5.32 Å². The summed E-state index contributed by atoms with van der Waals surface area (Å²) in [5, 5.41) is 2.61. The highest BCUT2D eigenvalue weighted by atomic mass is 19.2. The summed E-state index contributed by atoms with van der Waals surface area (Å²) in [5.41, 5.74) is 0.272. The molecule has 0 spiro atoms. The molecule has 0 aromatic heterocycles. The minimum absolute atomic E-state index is 0.266. The number of halogens is 2. The highest BCUT2D eigenvalue weighted by Crippen LogP contribution is 2.14. The van der Waals surface area contributed by atoms with Crippen molar-refractivity contribution in [1.29, 1.82) is 0 Å². The van der Waals surface area contributed by atoms with Crippen molar-refractivity contribution in [3.8, 4) is 0 Å². The van der Waals surface area contributed by atoms with Crippen molar-refractivity contribution in [1.82, 2.24) is 9.80 Å². The number of nitrogens with zero attached hydrogens (tertiary/aromatic N) is 2. The first kappa shape index (κ1) is 17.7. The number of rotatable bonds is 5. The molecule has 1 aromatic carbocycles. The molecule has 0 saturated carbocycles. The first-order valence-corrected chi connectivity index (χ1v) is 8.19. The number of anilines is 1. The van der Waals surface area contributed by atoms with Gasteiger partial charge in [-0.25, -0.2) is 13.6 Å². The zero-order chi connectivity index (χ0) is 16.8. The van der Waals surface area contributed by atoms with Crippen molar-refractivity contribution in [3.05, 3.63) is 29.8 Å². The molecule has 23 heavy (non-hydrogen) atoms. The Bertz CT molecular complexity index is 529. The molecule has 0 radical (unpaired) electrons. The van der Waals surface area contributed by atoms with Crippen LogP contribution in [0.3, 0.4) is 0 Å². The summed E-state index contributed by atoms with van der Waals surface area (Å²) in [5.74, 6) is -1.16. The molecule has 2 rings (SSSR count). The van der Waals surface area contributed by atoms with E-state index in [1.807, 2.05) is 0 Å². The van der Waals surface area contributed by atoms with Crippen LogP contribution in [0.4, 0.5) is 19.3 Å². The fourth-order valence-electron chi connectivity index (χ4n) is 2.67. The fourth-order valence-corrected chi connectivity index (χ4v) is 2.67. The Morgan fingerprint density at radius 3 is 2.48 bits per heavy atom. The van der Waals surface area contributed by atoms with Crippen LogP contribution in [-0.2, 0) is 0 Å². The minimum atomic E-state index is -0.960. The maximum atomic E-state index is 13.2. The SMILES string of the molecule is CC(C)CCCN1CCN(C(=O)Nc2ccc(F)c(F)c2)CC1. The van der Waals surface area contributed by atoms with E-state index in [0.717, 1.165) is 37.7 Å². The lowest BCUT2D eigenvalue weighted by Gasteiger charge is -2.34. The molecule has 4 nitrogen and oxygen atoms in total. The molecule has 128 valence electrons. The summed E-state index contributed by atoms with van der Waals surface area (Å²) in [6.07, 6.45) is 2.40.